The number of nitrogens with one attached hydrogen (secondary N) is 1. The van der Waals surface area contributed by atoms with E-state index in [2.05, 4.69) is 21.2 Å². The molecule has 1 aliphatic carbocycles. The fourth-order valence-electron chi connectivity index (χ4n) is 1.81. The molecule has 0 heterocycles. The van der Waals surface area contributed by atoms with E-state index in [4.69, 9.17) is 4.74 Å². The molecule has 0 spiro atoms. The number of hydrogen-bond acceptors (Lipinski definition) is 3. The second-order valence-electron chi connectivity index (χ2n) is 4.85. The Bertz CT molecular complexity index is 529. The van der Waals surface area contributed by atoms with Gasteiger partial charge in [-0.05, 0) is 47.0 Å². The molecule has 1 aliphatic rings. The molecule has 1 aromatic rings. The first kappa shape index (κ1) is 14.8. The molecule has 1 aromatic carbocycles. The van der Waals surface area contributed by atoms with Crippen LogP contribution in [-0.4, -0.2) is 43.5 Å². The maximum absolute atomic E-state index is 12.2. The first-order valence-corrected chi connectivity index (χ1v) is 7.19. The topological polar surface area (TPSA) is 58.6 Å². The van der Waals surface area contributed by atoms with Gasteiger partial charge in [0.2, 0.25) is 5.91 Å². The van der Waals surface area contributed by atoms with Crippen LogP contribution < -0.4 is 10.1 Å². The number of likely N-dealkylation sites (N-methyl/N-ethyl adjacent to an activating group) is 1. The quantitative estimate of drug-likeness (QED) is 0.889. The molecule has 2 amide bonds. The van der Waals surface area contributed by atoms with E-state index in [1.54, 1.807) is 32.4 Å². The Morgan fingerprint density at radius 1 is 1.45 bits per heavy atom. The van der Waals surface area contributed by atoms with Crippen LogP contribution in [0.4, 0.5) is 0 Å². The lowest BCUT2D eigenvalue weighted by molar-refractivity contribution is -0.121. The van der Waals surface area contributed by atoms with Crippen LogP contribution in [0.2, 0.25) is 0 Å². The molecule has 1 saturated carbocycles. The van der Waals surface area contributed by atoms with Gasteiger partial charge in [-0.2, -0.15) is 0 Å². The first-order valence-electron chi connectivity index (χ1n) is 6.39. The van der Waals surface area contributed by atoms with Gasteiger partial charge in [-0.1, -0.05) is 0 Å². The summed E-state index contributed by atoms with van der Waals surface area (Å²) in [6.07, 6.45) is 2.07. The zero-order chi connectivity index (χ0) is 14.7. The molecule has 0 atom stereocenters. The second-order valence-corrected chi connectivity index (χ2v) is 5.71. The first-order chi connectivity index (χ1) is 9.51. The third-order valence-electron chi connectivity index (χ3n) is 3.07. The fourth-order valence-corrected chi connectivity index (χ4v) is 2.35. The summed E-state index contributed by atoms with van der Waals surface area (Å²) in [5.74, 6) is 0.353. The molecule has 0 bridgehead atoms. The van der Waals surface area contributed by atoms with Crippen molar-refractivity contribution in [2.75, 3.05) is 20.7 Å². The van der Waals surface area contributed by atoms with E-state index in [1.165, 1.54) is 4.90 Å². The number of amides is 2. The lowest BCUT2D eigenvalue weighted by Crippen LogP contribution is -2.39. The van der Waals surface area contributed by atoms with Crippen LogP contribution in [0.15, 0.2) is 22.7 Å². The molecule has 6 heteroatoms. The minimum Gasteiger partial charge on any atom is -0.496 e. The van der Waals surface area contributed by atoms with E-state index in [1.807, 2.05) is 0 Å². The molecular weight excluding hydrogens is 324 g/mol. The normalized spacial score (nSPS) is 13.8. The average Bonchev–Trinajstić information content (AvgIpc) is 3.21. The molecule has 108 valence electrons. The lowest BCUT2D eigenvalue weighted by atomic mass is 10.2. The number of ether oxygens (including phenoxy) is 1. The Morgan fingerprint density at radius 3 is 2.70 bits per heavy atom. The van der Waals surface area contributed by atoms with Crippen LogP contribution in [0.25, 0.3) is 0 Å². The van der Waals surface area contributed by atoms with E-state index in [0.717, 1.165) is 12.8 Å². The van der Waals surface area contributed by atoms with Gasteiger partial charge in [0, 0.05) is 18.7 Å². The molecule has 2 rings (SSSR count). The zero-order valence-corrected chi connectivity index (χ0v) is 13.1. The third kappa shape index (κ3) is 3.72. The Hall–Kier alpha value is -1.56. The molecule has 20 heavy (non-hydrogen) atoms. The van der Waals surface area contributed by atoms with Crippen molar-refractivity contribution in [3.8, 4) is 5.75 Å². The molecule has 0 aliphatic heterocycles. The SMILES string of the molecule is COc1ccc(C(=O)N(C)CC(=O)NC2CC2)cc1Br. The molecular formula is C14H17BrN2O3. The summed E-state index contributed by atoms with van der Waals surface area (Å²) in [5.41, 5.74) is 0.513. The van der Waals surface area contributed by atoms with Crippen molar-refractivity contribution in [3.63, 3.8) is 0 Å². The zero-order valence-electron chi connectivity index (χ0n) is 11.5. The summed E-state index contributed by atoms with van der Waals surface area (Å²) in [6.45, 7) is 0.0684. The van der Waals surface area contributed by atoms with Gasteiger partial charge in [-0.15, -0.1) is 0 Å². The van der Waals surface area contributed by atoms with Gasteiger partial charge in [-0.3, -0.25) is 9.59 Å². The number of methoxy groups -OCH3 is 1. The number of carbonyl (C=O) groups excluding carboxylic acids is 2. The number of benzene rings is 1. The van der Waals surface area contributed by atoms with Gasteiger partial charge in [0.15, 0.2) is 0 Å². The summed E-state index contributed by atoms with van der Waals surface area (Å²) in [5, 5.41) is 2.86. The largest absolute Gasteiger partial charge is 0.496 e. The van der Waals surface area contributed by atoms with Gasteiger partial charge in [0.1, 0.15) is 5.75 Å². The van der Waals surface area contributed by atoms with Crippen molar-refractivity contribution in [1.82, 2.24) is 10.2 Å². The van der Waals surface area contributed by atoms with E-state index in [-0.39, 0.29) is 18.4 Å². The number of carbonyl (C=O) groups is 2. The van der Waals surface area contributed by atoms with Crippen LogP contribution in [0, 0.1) is 0 Å². The average molecular weight is 341 g/mol. The van der Waals surface area contributed by atoms with E-state index < -0.39 is 0 Å². The van der Waals surface area contributed by atoms with Crippen molar-refractivity contribution >= 4 is 27.7 Å². The smallest absolute Gasteiger partial charge is 0.254 e. The predicted molar refractivity (Wildman–Crippen MR) is 78.8 cm³/mol. The van der Waals surface area contributed by atoms with E-state index in [0.29, 0.717) is 21.8 Å². The van der Waals surface area contributed by atoms with Crippen LogP contribution in [0.5, 0.6) is 5.75 Å². The monoisotopic (exact) mass is 340 g/mol. The van der Waals surface area contributed by atoms with Crippen LogP contribution in [-0.2, 0) is 4.79 Å². The summed E-state index contributed by atoms with van der Waals surface area (Å²) in [7, 11) is 3.18. The summed E-state index contributed by atoms with van der Waals surface area (Å²) >= 11 is 3.34. The Morgan fingerprint density at radius 2 is 2.15 bits per heavy atom. The van der Waals surface area contributed by atoms with Gasteiger partial charge >= 0.3 is 0 Å². The Kier molecular flexibility index (Phi) is 4.65. The van der Waals surface area contributed by atoms with Gasteiger partial charge in [0.05, 0.1) is 18.1 Å². The van der Waals surface area contributed by atoms with Crippen molar-refractivity contribution < 1.29 is 14.3 Å². The predicted octanol–water partition coefficient (Wildman–Crippen LogP) is 1.81. The van der Waals surface area contributed by atoms with Gasteiger partial charge < -0.3 is 15.0 Å². The number of hydrogen-bond donors (Lipinski definition) is 1. The molecule has 0 saturated heterocycles. The minimum atomic E-state index is -0.195. The molecule has 0 unspecified atom stereocenters. The maximum atomic E-state index is 12.2. The van der Waals surface area contributed by atoms with E-state index in [9.17, 15) is 9.59 Å². The van der Waals surface area contributed by atoms with Crippen molar-refractivity contribution in [2.45, 2.75) is 18.9 Å². The van der Waals surface area contributed by atoms with Gasteiger partial charge in [0.25, 0.3) is 5.91 Å². The molecule has 0 radical (unpaired) electrons. The molecule has 1 N–H and O–H groups in total. The summed E-state index contributed by atoms with van der Waals surface area (Å²) in [4.78, 5) is 25.3. The van der Waals surface area contributed by atoms with Crippen LogP contribution >= 0.6 is 15.9 Å². The van der Waals surface area contributed by atoms with Crippen molar-refractivity contribution in [3.05, 3.63) is 28.2 Å². The second kappa shape index (κ2) is 6.26. The number of nitrogens with zero attached hydrogens (tertiary/aromatic N) is 1. The highest BCUT2D eigenvalue weighted by atomic mass is 79.9. The Labute approximate surface area is 126 Å². The molecule has 5 nitrogen and oxygen atoms in total. The number of rotatable bonds is 5. The minimum absolute atomic E-state index is 0.0684. The fraction of sp³-hybridized carbons (Fsp3) is 0.429. The lowest BCUT2D eigenvalue weighted by Gasteiger charge is -2.17. The standard InChI is InChI=1S/C14H17BrN2O3/c1-17(8-13(18)16-10-4-5-10)14(19)9-3-6-12(20-2)11(15)7-9/h3,6-7,10H,4-5,8H2,1-2H3,(H,16,18). The van der Waals surface area contributed by atoms with Gasteiger partial charge in [-0.25, -0.2) is 0 Å². The van der Waals surface area contributed by atoms with Crippen LogP contribution in [0.1, 0.15) is 23.2 Å². The van der Waals surface area contributed by atoms with Crippen molar-refractivity contribution in [2.24, 2.45) is 0 Å². The summed E-state index contributed by atoms with van der Waals surface area (Å²) < 4.78 is 5.83. The summed E-state index contributed by atoms with van der Waals surface area (Å²) in [6, 6.07) is 5.40. The van der Waals surface area contributed by atoms with Crippen molar-refractivity contribution in [1.29, 1.82) is 0 Å². The highest BCUT2D eigenvalue weighted by Crippen LogP contribution is 2.26. The highest BCUT2D eigenvalue weighted by Gasteiger charge is 2.24. The van der Waals surface area contributed by atoms with Crippen LogP contribution in [0.3, 0.4) is 0 Å². The Balaban J connectivity index is 1.98. The molecule has 1 fully saturated rings. The maximum Gasteiger partial charge on any atom is 0.254 e. The van der Waals surface area contributed by atoms with E-state index >= 15 is 0 Å². The highest BCUT2D eigenvalue weighted by molar-refractivity contribution is 9.10. The third-order valence-corrected chi connectivity index (χ3v) is 3.69. The number of halogens is 1. The molecule has 0 aromatic heterocycles.